The van der Waals surface area contributed by atoms with Gasteiger partial charge in [-0.3, -0.25) is 0 Å². The third-order valence-electron chi connectivity index (χ3n) is 2.56. The second-order valence-corrected chi connectivity index (χ2v) is 6.82. The third kappa shape index (κ3) is 5.17. The smallest absolute Gasteiger partial charge is 0.345 e. The molecule has 0 spiro atoms. The molecular weight excluding hydrogens is 304 g/mol. The molecule has 1 aromatic rings. The summed E-state index contributed by atoms with van der Waals surface area (Å²) in [7, 11) is -0.184. The van der Waals surface area contributed by atoms with Gasteiger partial charge in [0, 0.05) is 32.1 Å². The summed E-state index contributed by atoms with van der Waals surface area (Å²) >= 11 is 0.890. The zero-order valence-corrected chi connectivity index (χ0v) is 13.0. The normalized spacial score (nSPS) is 11.9. The Bertz CT molecular complexity index is 541. The number of carboxylic acid groups (broad SMARTS) is 1. The Morgan fingerprint density at radius 3 is 2.75 bits per heavy atom. The summed E-state index contributed by atoms with van der Waals surface area (Å²) in [6.07, 6.45) is 0. The average Bonchev–Trinajstić information content (AvgIpc) is 2.86. The maximum absolute atomic E-state index is 11.9. The van der Waals surface area contributed by atoms with Gasteiger partial charge in [-0.1, -0.05) is 0 Å². The van der Waals surface area contributed by atoms with Gasteiger partial charge in [0.1, 0.15) is 4.88 Å². The van der Waals surface area contributed by atoms with E-state index in [1.807, 2.05) is 11.9 Å². The fourth-order valence-electron chi connectivity index (χ4n) is 1.38. The second-order valence-electron chi connectivity index (χ2n) is 4.15. The molecule has 1 aromatic heterocycles. The second kappa shape index (κ2) is 7.70. The van der Waals surface area contributed by atoms with Crippen LogP contribution in [0.4, 0.5) is 0 Å². The highest BCUT2D eigenvalue weighted by atomic mass is 32.2. The molecule has 1 heterocycles. The third-order valence-corrected chi connectivity index (χ3v) is 5.07. The maximum atomic E-state index is 11.9. The Balaban J connectivity index is 2.51. The van der Waals surface area contributed by atoms with Crippen LogP contribution in [-0.2, 0) is 14.8 Å². The fourth-order valence-corrected chi connectivity index (χ4v) is 3.52. The lowest BCUT2D eigenvalue weighted by Crippen LogP contribution is -2.34. The quantitative estimate of drug-likeness (QED) is 0.679. The number of methoxy groups -OCH3 is 1. The van der Waals surface area contributed by atoms with Crippen LogP contribution in [0.2, 0.25) is 0 Å². The number of nitrogens with zero attached hydrogens (tertiary/aromatic N) is 1. The number of nitrogens with one attached hydrogen (secondary N) is 1. The molecule has 2 N–H and O–H groups in total. The van der Waals surface area contributed by atoms with Crippen LogP contribution in [0.15, 0.2) is 16.3 Å². The van der Waals surface area contributed by atoms with Gasteiger partial charge in [-0.15, -0.1) is 11.3 Å². The highest BCUT2D eigenvalue weighted by molar-refractivity contribution is 7.89. The molecule has 0 radical (unpaired) electrons. The Kier molecular flexibility index (Phi) is 6.56. The lowest BCUT2D eigenvalue weighted by molar-refractivity contribution is 0.0702. The molecule has 0 amide bonds. The van der Waals surface area contributed by atoms with Crippen molar-refractivity contribution in [2.45, 2.75) is 4.90 Å². The lowest BCUT2D eigenvalue weighted by atomic mass is 10.5. The molecule has 0 saturated heterocycles. The monoisotopic (exact) mass is 322 g/mol. The standard InChI is InChI=1S/C11H18N2O5S2/c1-13(5-6-18-2)4-3-12-20(16,17)9-7-10(11(14)15)19-8-9/h7-8,12H,3-6H2,1-2H3,(H,14,15). The van der Waals surface area contributed by atoms with E-state index >= 15 is 0 Å². The van der Waals surface area contributed by atoms with Crippen molar-refractivity contribution in [3.8, 4) is 0 Å². The van der Waals surface area contributed by atoms with Gasteiger partial charge in [-0.25, -0.2) is 17.9 Å². The molecule has 0 unspecified atom stereocenters. The topological polar surface area (TPSA) is 95.9 Å². The summed E-state index contributed by atoms with van der Waals surface area (Å²) in [4.78, 5) is 12.6. The van der Waals surface area contributed by atoms with E-state index in [0.717, 1.165) is 17.4 Å². The Labute approximate surface area is 122 Å². The van der Waals surface area contributed by atoms with Gasteiger partial charge in [0.05, 0.1) is 11.5 Å². The minimum absolute atomic E-state index is 0.00240. The molecule has 0 aliphatic heterocycles. The van der Waals surface area contributed by atoms with Crippen LogP contribution in [0.1, 0.15) is 9.67 Å². The van der Waals surface area contributed by atoms with E-state index < -0.39 is 16.0 Å². The van der Waals surface area contributed by atoms with Gasteiger partial charge in [0.15, 0.2) is 0 Å². The summed E-state index contributed by atoms with van der Waals surface area (Å²) in [5.41, 5.74) is 0. The van der Waals surface area contributed by atoms with Crippen molar-refractivity contribution in [3.05, 3.63) is 16.3 Å². The molecular formula is C11H18N2O5S2. The van der Waals surface area contributed by atoms with E-state index in [1.165, 1.54) is 5.38 Å². The van der Waals surface area contributed by atoms with E-state index in [1.54, 1.807) is 7.11 Å². The number of carbonyl (C=O) groups is 1. The van der Waals surface area contributed by atoms with Crippen LogP contribution in [0.25, 0.3) is 0 Å². The summed E-state index contributed by atoms with van der Waals surface area (Å²) in [6.45, 7) is 2.08. The van der Waals surface area contributed by atoms with Crippen LogP contribution in [0, 0.1) is 0 Å². The zero-order chi connectivity index (χ0) is 15.2. The first kappa shape index (κ1) is 17.1. The first-order valence-electron chi connectivity index (χ1n) is 5.86. The largest absolute Gasteiger partial charge is 0.477 e. The first-order chi connectivity index (χ1) is 9.36. The number of sulfonamides is 1. The number of aromatic carboxylic acids is 1. The van der Waals surface area contributed by atoms with Crippen LogP contribution >= 0.6 is 11.3 Å². The number of ether oxygens (including phenoxy) is 1. The highest BCUT2D eigenvalue weighted by Crippen LogP contribution is 2.18. The molecule has 9 heteroatoms. The predicted octanol–water partition coefficient (Wildman–Crippen LogP) is 0.303. The Hall–Kier alpha value is -1.00. The van der Waals surface area contributed by atoms with E-state index in [0.29, 0.717) is 19.7 Å². The van der Waals surface area contributed by atoms with Crippen molar-refractivity contribution in [1.82, 2.24) is 9.62 Å². The number of hydrogen-bond donors (Lipinski definition) is 2. The molecule has 0 atom stereocenters. The van der Waals surface area contributed by atoms with Crippen LogP contribution in [0.3, 0.4) is 0 Å². The fraction of sp³-hybridized carbons (Fsp3) is 0.545. The molecule has 0 aromatic carbocycles. The Morgan fingerprint density at radius 1 is 1.50 bits per heavy atom. The zero-order valence-electron chi connectivity index (χ0n) is 11.3. The SMILES string of the molecule is COCCN(C)CCNS(=O)(=O)c1csc(C(=O)O)c1. The minimum atomic E-state index is -3.65. The average molecular weight is 322 g/mol. The molecule has 20 heavy (non-hydrogen) atoms. The van der Waals surface area contributed by atoms with Crippen molar-refractivity contribution < 1.29 is 23.1 Å². The minimum Gasteiger partial charge on any atom is -0.477 e. The van der Waals surface area contributed by atoms with Crippen molar-refractivity contribution in [1.29, 1.82) is 0 Å². The Morgan fingerprint density at radius 2 is 2.20 bits per heavy atom. The molecule has 0 aliphatic carbocycles. The van der Waals surface area contributed by atoms with E-state index in [9.17, 15) is 13.2 Å². The van der Waals surface area contributed by atoms with Gasteiger partial charge < -0.3 is 14.7 Å². The lowest BCUT2D eigenvalue weighted by Gasteiger charge is -2.15. The summed E-state index contributed by atoms with van der Waals surface area (Å²) in [5, 5.41) is 10.1. The number of hydrogen-bond acceptors (Lipinski definition) is 6. The van der Waals surface area contributed by atoms with Crippen molar-refractivity contribution in [3.63, 3.8) is 0 Å². The molecule has 0 bridgehead atoms. The van der Waals surface area contributed by atoms with Crippen molar-refractivity contribution in [2.24, 2.45) is 0 Å². The van der Waals surface area contributed by atoms with Gasteiger partial charge in [-0.05, 0) is 13.1 Å². The molecule has 1 rings (SSSR count). The van der Waals surface area contributed by atoms with Gasteiger partial charge in [0.25, 0.3) is 0 Å². The molecule has 0 aliphatic rings. The van der Waals surface area contributed by atoms with Gasteiger partial charge in [-0.2, -0.15) is 0 Å². The number of thiophene rings is 1. The van der Waals surface area contributed by atoms with E-state index in [2.05, 4.69) is 4.72 Å². The van der Waals surface area contributed by atoms with Crippen molar-refractivity contribution >= 4 is 27.3 Å². The number of carboxylic acids is 1. The first-order valence-corrected chi connectivity index (χ1v) is 8.22. The predicted molar refractivity (Wildman–Crippen MR) is 75.8 cm³/mol. The number of likely N-dealkylation sites (N-methyl/N-ethyl adjacent to an activating group) is 1. The summed E-state index contributed by atoms with van der Waals surface area (Å²) < 4.78 is 31.2. The molecule has 0 saturated carbocycles. The van der Waals surface area contributed by atoms with Crippen LogP contribution < -0.4 is 4.72 Å². The number of rotatable bonds is 9. The van der Waals surface area contributed by atoms with Crippen LogP contribution in [0.5, 0.6) is 0 Å². The molecule has 114 valence electrons. The van der Waals surface area contributed by atoms with Gasteiger partial charge >= 0.3 is 5.97 Å². The summed E-state index contributed by atoms with van der Waals surface area (Å²) in [5.74, 6) is -1.13. The van der Waals surface area contributed by atoms with E-state index in [-0.39, 0.29) is 16.3 Å². The highest BCUT2D eigenvalue weighted by Gasteiger charge is 2.18. The van der Waals surface area contributed by atoms with Crippen LogP contribution in [-0.4, -0.2) is 64.8 Å². The maximum Gasteiger partial charge on any atom is 0.345 e. The van der Waals surface area contributed by atoms with Crippen molar-refractivity contribution in [2.75, 3.05) is 40.4 Å². The van der Waals surface area contributed by atoms with Gasteiger partial charge in [0.2, 0.25) is 10.0 Å². The van der Waals surface area contributed by atoms with E-state index in [4.69, 9.17) is 9.84 Å². The summed E-state index contributed by atoms with van der Waals surface area (Å²) in [6, 6.07) is 1.16. The molecule has 7 nitrogen and oxygen atoms in total. The molecule has 0 fully saturated rings.